The van der Waals surface area contributed by atoms with Crippen molar-refractivity contribution in [1.29, 1.82) is 0 Å². The number of rotatable bonds is 3. The van der Waals surface area contributed by atoms with Gasteiger partial charge in [0.05, 0.1) is 6.04 Å². The number of esters is 1. The Morgan fingerprint density at radius 3 is 2.42 bits per heavy atom. The highest BCUT2D eigenvalue weighted by Gasteiger charge is 2.38. The van der Waals surface area contributed by atoms with E-state index in [1.54, 1.807) is 0 Å². The number of amides is 1. The number of fused-ring (bicyclic) bond motifs is 1. The van der Waals surface area contributed by atoms with Gasteiger partial charge in [-0.15, -0.1) is 0 Å². The molecule has 0 aliphatic carbocycles. The number of carboxylic acid groups (broad SMARTS) is 1. The molecule has 1 aromatic rings. The highest BCUT2D eigenvalue weighted by atomic mass is 16.5. The second kappa shape index (κ2) is 8.83. The van der Waals surface area contributed by atoms with Crippen LogP contribution in [-0.4, -0.2) is 51.6 Å². The van der Waals surface area contributed by atoms with Crippen LogP contribution in [0.4, 0.5) is 17.5 Å². The topological polar surface area (TPSA) is 168 Å². The number of anilines is 3. The largest absolute Gasteiger partial charge is 0.481 e. The van der Waals surface area contributed by atoms with Gasteiger partial charge in [0, 0.05) is 27.3 Å². The number of aliphatic carboxylic acids is 1. The Morgan fingerprint density at radius 2 is 1.96 bits per heavy atom. The van der Waals surface area contributed by atoms with Crippen molar-refractivity contribution in [2.45, 2.75) is 46.3 Å². The van der Waals surface area contributed by atoms with Crippen molar-refractivity contribution in [3.63, 3.8) is 0 Å². The first-order chi connectivity index (χ1) is 12.1. The minimum Gasteiger partial charge on any atom is -0.481 e. The second-order valence-electron chi connectivity index (χ2n) is 5.56. The zero-order chi connectivity index (χ0) is 20.0. The normalized spacial score (nSPS) is 16.3. The fraction of sp³-hybridized carbons (Fsp3) is 0.533. The molecule has 2 atom stereocenters. The van der Waals surface area contributed by atoms with Gasteiger partial charge in [0.25, 0.3) is 11.5 Å². The minimum atomic E-state index is -0.833. The molecule has 5 N–H and O–H groups in total. The van der Waals surface area contributed by atoms with E-state index in [9.17, 15) is 14.4 Å². The van der Waals surface area contributed by atoms with Gasteiger partial charge in [-0.05, 0) is 6.42 Å². The number of H-pyrrole nitrogens is 1. The number of hydrogen-bond donors (Lipinski definition) is 4. The van der Waals surface area contributed by atoms with E-state index in [0.717, 1.165) is 6.92 Å². The summed E-state index contributed by atoms with van der Waals surface area (Å²) in [5, 5.41) is 10.4. The van der Waals surface area contributed by atoms with Crippen molar-refractivity contribution in [3.05, 3.63) is 10.4 Å². The van der Waals surface area contributed by atoms with E-state index in [1.807, 2.05) is 6.92 Å². The van der Waals surface area contributed by atoms with Gasteiger partial charge in [-0.1, -0.05) is 6.92 Å². The molecule has 1 aliphatic heterocycles. The van der Waals surface area contributed by atoms with Gasteiger partial charge >= 0.3 is 5.97 Å². The fourth-order valence-corrected chi connectivity index (χ4v) is 2.63. The quantitative estimate of drug-likeness (QED) is 0.533. The Kier molecular flexibility index (Phi) is 7.11. The van der Waals surface area contributed by atoms with Gasteiger partial charge < -0.3 is 20.9 Å². The van der Waals surface area contributed by atoms with Crippen molar-refractivity contribution < 1.29 is 24.2 Å². The maximum atomic E-state index is 12.2. The molecule has 144 valence electrons. The Bertz CT molecular complexity index is 743. The van der Waals surface area contributed by atoms with E-state index in [-0.39, 0.29) is 23.4 Å². The van der Waals surface area contributed by atoms with Crippen LogP contribution in [0.2, 0.25) is 0 Å². The number of aromatic nitrogens is 2. The van der Waals surface area contributed by atoms with Crippen LogP contribution in [0.3, 0.4) is 0 Å². The third kappa shape index (κ3) is 5.19. The molecule has 11 heteroatoms. The molecule has 1 aliphatic rings. The van der Waals surface area contributed by atoms with Crippen LogP contribution in [0, 0.1) is 0 Å². The van der Waals surface area contributed by atoms with Crippen LogP contribution < -0.4 is 21.5 Å². The highest BCUT2D eigenvalue weighted by Crippen LogP contribution is 2.29. The predicted octanol–water partition coefficient (Wildman–Crippen LogP) is -0.0683. The molecule has 1 aromatic heterocycles. The molecule has 2 heterocycles. The molecule has 0 saturated carbocycles. The van der Waals surface area contributed by atoms with Crippen LogP contribution in [0.15, 0.2) is 4.79 Å². The smallest absolute Gasteiger partial charge is 0.302 e. The summed E-state index contributed by atoms with van der Waals surface area (Å²) in [5.74, 6) is -1.41. The van der Waals surface area contributed by atoms with E-state index in [0.29, 0.717) is 13.0 Å². The summed E-state index contributed by atoms with van der Waals surface area (Å²) < 4.78 is 5.27. The van der Waals surface area contributed by atoms with Gasteiger partial charge in [-0.2, -0.15) is 4.98 Å². The van der Waals surface area contributed by atoms with E-state index in [2.05, 4.69) is 15.3 Å². The number of hydrogen-bond acceptors (Lipinski definition) is 8. The number of nitrogens with two attached hydrogens (primary N) is 1. The van der Waals surface area contributed by atoms with Gasteiger partial charge in [-0.3, -0.25) is 29.1 Å². The van der Waals surface area contributed by atoms with E-state index in [1.165, 1.54) is 18.7 Å². The molecule has 0 fully saturated rings. The summed E-state index contributed by atoms with van der Waals surface area (Å²) in [6.45, 7) is 5.87. The number of carboxylic acids is 1. The molecular weight excluding hydrogens is 346 g/mol. The molecular formula is C15H23N5O6. The number of carbonyl (C=O) groups excluding carboxylic acids is 2. The Labute approximate surface area is 149 Å². The van der Waals surface area contributed by atoms with Crippen molar-refractivity contribution >= 4 is 35.3 Å². The standard InChI is InChI=1S/C13H19N5O4.C2H4O2/c1-4-9(22-7(3)20)8-5-15-11-10(18(8)6(2)19)12(21)17-13(14)16-11;1-2(3)4/h8-9H,4-5H2,1-3H3,(H4,14,15,16,17,21);1H3,(H,3,4). The summed E-state index contributed by atoms with van der Waals surface area (Å²) in [6.07, 6.45) is -0.0234. The average molecular weight is 369 g/mol. The second-order valence-corrected chi connectivity index (χ2v) is 5.56. The summed E-state index contributed by atoms with van der Waals surface area (Å²) in [7, 11) is 0. The zero-order valence-corrected chi connectivity index (χ0v) is 15.0. The first-order valence-corrected chi connectivity index (χ1v) is 7.88. The molecule has 0 saturated heterocycles. The highest BCUT2D eigenvalue weighted by molar-refractivity contribution is 5.96. The molecule has 0 aromatic carbocycles. The average Bonchev–Trinajstić information content (AvgIpc) is 2.50. The van der Waals surface area contributed by atoms with Gasteiger partial charge in [-0.25, -0.2) is 0 Å². The SMILES string of the molecule is CC(=O)O.CCC(OC(C)=O)C1CNc2nc(N)[nH]c(=O)c2N1C(C)=O. The molecule has 2 unspecified atom stereocenters. The third-order valence-electron chi connectivity index (χ3n) is 3.45. The summed E-state index contributed by atoms with van der Waals surface area (Å²) in [4.78, 5) is 52.2. The van der Waals surface area contributed by atoms with Crippen molar-refractivity contribution in [1.82, 2.24) is 9.97 Å². The minimum absolute atomic E-state index is 0.0368. The number of nitrogens with zero attached hydrogens (tertiary/aromatic N) is 2. The summed E-state index contributed by atoms with van der Waals surface area (Å²) in [6, 6.07) is -0.495. The maximum absolute atomic E-state index is 12.2. The molecule has 26 heavy (non-hydrogen) atoms. The number of aromatic amines is 1. The van der Waals surface area contributed by atoms with Crippen LogP contribution in [0.5, 0.6) is 0 Å². The molecule has 2 rings (SSSR count). The first-order valence-electron chi connectivity index (χ1n) is 7.88. The van der Waals surface area contributed by atoms with Crippen molar-refractivity contribution in [2.24, 2.45) is 0 Å². The number of carbonyl (C=O) groups is 3. The van der Waals surface area contributed by atoms with Gasteiger partial charge in [0.15, 0.2) is 11.5 Å². The number of nitrogens with one attached hydrogen (secondary N) is 2. The lowest BCUT2D eigenvalue weighted by Gasteiger charge is -2.39. The number of nitrogen functional groups attached to an aromatic ring is 1. The van der Waals surface area contributed by atoms with Crippen LogP contribution in [0.1, 0.15) is 34.1 Å². The lowest BCUT2D eigenvalue weighted by Crippen LogP contribution is -2.55. The number of ether oxygens (including phenoxy) is 1. The van der Waals surface area contributed by atoms with Crippen molar-refractivity contribution in [2.75, 3.05) is 22.5 Å². The molecule has 11 nitrogen and oxygen atoms in total. The summed E-state index contributed by atoms with van der Waals surface area (Å²) in [5.41, 5.74) is 5.08. The lowest BCUT2D eigenvalue weighted by molar-refractivity contribution is -0.148. The Morgan fingerprint density at radius 1 is 1.38 bits per heavy atom. The first kappa shape index (κ1) is 20.9. The Balaban J connectivity index is 0.000000765. The van der Waals surface area contributed by atoms with Gasteiger partial charge in [0.1, 0.15) is 6.10 Å². The van der Waals surface area contributed by atoms with E-state index < -0.39 is 29.6 Å². The van der Waals surface area contributed by atoms with Gasteiger partial charge in [0.2, 0.25) is 11.9 Å². The predicted molar refractivity (Wildman–Crippen MR) is 93.9 cm³/mol. The molecule has 0 bridgehead atoms. The van der Waals surface area contributed by atoms with Crippen molar-refractivity contribution in [3.8, 4) is 0 Å². The summed E-state index contributed by atoms with van der Waals surface area (Å²) >= 11 is 0. The van der Waals surface area contributed by atoms with Crippen LogP contribution in [-0.2, 0) is 19.1 Å². The van der Waals surface area contributed by atoms with Crippen LogP contribution >= 0.6 is 0 Å². The maximum Gasteiger partial charge on any atom is 0.302 e. The Hall–Kier alpha value is -3.11. The lowest BCUT2D eigenvalue weighted by atomic mass is 10.0. The van der Waals surface area contributed by atoms with Crippen LogP contribution in [0.25, 0.3) is 0 Å². The molecule has 1 amide bonds. The fourth-order valence-electron chi connectivity index (χ4n) is 2.63. The van der Waals surface area contributed by atoms with E-state index >= 15 is 0 Å². The third-order valence-corrected chi connectivity index (χ3v) is 3.45. The monoisotopic (exact) mass is 369 g/mol. The molecule has 0 spiro atoms. The molecule has 0 radical (unpaired) electrons. The zero-order valence-electron chi connectivity index (χ0n) is 15.0. The van der Waals surface area contributed by atoms with E-state index in [4.69, 9.17) is 20.4 Å².